The number of para-hydroxylation sites is 1. The highest BCUT2D eigenvalue weighted by Gasteiger charge is 2.20. The van der Waals surface area contributed by atoms with Gasteiger partial charge in [0.2, 0.25) is 0 Å². The Morgan fingerprint density at radius 1 is 0.875 bits per heavy atom. The first-order valence-electron chi connectivity index (χ1n) is 10.6. The number of halogens is 1. The lowest BCUT2D eigenvalue weighted by Crippen LogP contribution is -2.27. The van der Waals surface area contributed by atoms with E-state index in [0.29, 0.717) is 23.5 Å². The summed E-state index contributed by atoms with van der Waals surface area (Å²) in [5, 5.41) is 8.66. The molecule has 164 valence electrons. The van der Waals surface area contributed by atoms with Crippen molar-refractivity contribution in [1.82, 2.24) is 5.32 Å². The van der Waals surface area contributed by atoms with E-state index in [0.717, 1.165) is 41.7 Å². The average molecular weight is 493 g/mol. The molecule has 7 heteroatoms. The van der Waals surface area contributed by atoms with E-state index in [1.807, 2.05) is 66.7 Å². The summed E-state index contributed by atoms with van der Waals surface area (Å²) in [6.45, 7) is 2.29. The molecule has 3 aromatic carbocycles. The van der Waals surface area contributed by atoms with Crippen LogP contribution in [0.3, 0.4) is 0 Å². The van der Waals surface area contributed by atoms with E-state index < -0.39 is 0 Å². The van der Waals surface area contributed by atoms with Crippen molar-refractivity contribution in [3.63, 3.8) is 0 Å². The molecule has 32 heavy (non-hydrogen) atoms. The van der Waals surface area contributed by atoms with Gasteiger partial charge in [-0.05, 0) is 64.7 Å². The van der Waals surface area contributed by atoms with Gasteiger partial charge in [-0.15, -0.1) is 0 Å². The second kappa shape index (κ2) is 10.3. The van der Waals surface area contributed by atoms with Gasteiger partial charge in [0, 0.05) is 35.5 Å². The van der Waals surface area contributed by atoms with E-state index in [9.17, 15) is 9.59 Å². The van der Waals surface area contributed by atoms with Gasteiger partial charge in [0.1, 0.15) is 0 Å². The van der Waals surface area contributed by atoms with Gasteiger partial charge < -0.3 is 20.9 Å². The Kier molecular flexibility index (Phi) is 7.07. The predicted octanol–water partition coefficient (Wildman–Crippen LogP) is 5.62. The smallest absolute Gasteiger partial charge is 0.323 e. The number of urea groups is 1. The monoisotopic (exact) mass is 492 g/mol. The summed E-state index contributed by atoms with van der Waals surface area (Å²) in [6.07, 6.45) is 2.22. The predicted molar refractivity (Wildman–Crippen MR) is 132 cm³/mol. The molecule has 3 N–H and O–H groups in total. The molecule has 0 radical (unpaired) electrons. The van der Waals surface area contributed by atoms with Crippen LogP contribution in [0.4, 0.5) is 21.9 Å². The maximum absolute atomic E-state index is 13.1. The van der Waals surface area contributed by atoms with Crippen LogP contribution in [0, 0.1) is 0 Å². The van der Waals surface area contributed by atoms with Crippen molar-refractivity contribution in [1.29, 1.82) is 0 Å². The van der Waals surface area contributed by atoms with E-state index in [1.165, 1.54) is 0 Å². The van der Waals surface area contributed by atoms with Gasteiger partial charge in [-0.3, -0.25) is 4.79 Å². The molecule has 0 aliphatic carbocycles. The van der Waals surface area contributed by atoms with Gasteiger partial charge in [0.25, 0.3) is 5.91 Å². The molecule has 3 aromatic rings. The summed E-state index contributed by atoms with van der Waals surface area (Å²) in [4.78, 5) is 27.8. The Labute approximate surface area is 196 Å². The molecule has 1 fully saturated rings. The van der Waals surface area contributed by atoms with Crippen LogP contribution in [0.25, 0.3) is 0 Å². The number of amides is 3. The van der Waals surface area contributed by atoms with Gasteiger partial charge in [0.15, 0.2) is 0 Å². The van der Waals surface area contributed by atoms with Crippen molar-refractivity contribution in [2.45, 2.75) is 19.4 Å². The minimum Gasteiger partial charge on any atom is -0.371 e. The standard InChI is InChI=1S/C25H25BrN4O2/c26-21-10-4-5-11-22(21)29-25(32)28-19-12-13-23(30-14-6-7-15-30)20(16-19)24(31)27-17-18-8-2-1-3-9-18/h1-5,8-13,16H,6-7,14-15,17H2,(H,27,31)(H2,28,29,32). The molecule has 3 amide bonds. The van der Waals surface area contributed by atoms with Crippen molar-refractivity contribution >= 4 is 44.9 Å². The first-order chi connectivity index (χ1) is 15.6. The zero-order valence-electron chi connectivity index (χ0n) is 17.6. The summed E-state index contributed by atoms with van der Waals surface area (Å²) >= 11 is 3.42. The SMILES string of the molecule is O=C(Nc1ccc(N2CCCC2)c(C(=O)NCc2ccccc2)c1)Nc1ccccc1Br. The molecule has 4 rings (SSSR count). The lowest BCUT2D eigenvalue weighted by atomic mass is 10.1. The quantitative estimate of drug-likeness (QED) is 0.417. The molecule has 1 heterocycles. The molecule has 0 saturated carbocycles. The number of anilines is 3. The molecule has 0 atom stereocenters. The van der Waals surface area contributed by atoms with Crippen molar-refractivity contribution in [2.75, 3.05) is 28.6 Å². The van der Waals surface area contributed by atoms with Gasteiger partial charge in [-0.2, -0.15) is 0 Å². The zero-order chi connectivity index (χ0) is 22.3. The lowest BCUT2D eigenvalue weighted by molar-refractivity contribution is 0.0951. The molecule has 1 aliphatic rings. The van der Waals surface area contributed by atoms with Gasteiger partial charge >= 0.3 is 6.03 Å². The minimum absolute atomic E-state index is 0.161. The Bertz CT molecular complexity index is 1100. The first-order valence-corrected chi connectivity index (χ1v) is 11.4. The fourth-order valence-electron chi connectivity index (χ4n) is 3.75. The van der Waals surface area contributed by atoms with E-state index in [1.54, 1.807) is 6.07 Å². The summed E-state index contributed by atoms with van der Waals surface area (Å²) in [5.41, 5.74) is 3.71. The molecule has 1 saturated heterocycles. The molecule has 0 bridgehead atoms. The summed E-state index contributed by atoms with van der Waals surface area (Å²) in [5.74, 6) is -0.161. The number of carbonyl (C=O) groups is 2. The van der Waals surface area contributed by atoms with Gasteiger partial charge in [-0.1, -0.05) is 42.5 Å². The highest BCUT2D eigenvalue weighted by Crippen LogP contribution is 2.28. The number of rotatable bonds is 6. The Hall–Kier alpha value is -3.32. The highest BCUT2D eigenvalue weighted by molar-refractivity contribution is 9.10. The third-order valence-electron chi connectivity index (χ3n) is 5.36. The average Bonchev–Trinajstić information content (AvgIpc) is 3.34. The molecular weight excluding hydrogens is 468 g/mol. The first kappa shape index (κ1) is 21.9. The minimum atomic E-state index is -0.374. The number of nitrogens with one attached hydrogen (secondary N) is 3. The third kappa shape index (κ3) is 5.48. The number of carbonyl (C=O) groups excluding carboxylic acids is 2. The summed E-state index contributed by atoms with van der Waals surface area (Å²) in [6, 6.07) is 22.3. The molecule has 1 aliphatic heterocycles. The topological polar surface area (TPSA) is 73.5 Å². The summed E-state index contributed by atoms with van der Waals surface area (Å²) < 4.78 is 0.792. The number of nitrogens with zero attached hydrogens (tertiary/aromatic N) is 1. The molecular formula is C25H25BrN4O2. The maximum Gasteiger partial charge on any atom is 0.323 e. The van der Waals surface area contributed by atoms with Crippen LogP contribution in [0.5, 0.6) is 0 Å². The van der Waals surface area contributed by atoms with Crippen molar-refractivity contribution in [3.8, 4) is 0 Å². The van der Waals surface area contributed by atoms with E-state index >= 15 is 0 Å². The van der Waals surface area contributed by atoms with E-state index in [-0.39, 0.29) is 11.9 Å². The van der Waals surface area contributed by atoms with Crippen molar-refractivity contribution in [2.24, 2.45) is 0 Å². The number of hydrogen-bond donors (Lipinski definition) is 3. The Morgan fingerprint density at radius 2 is 1.59 bits per heavy atom. The Balaban J connectivity index is 1.51. The molecule has 6 nitrogen and oxygen atoms in total. The molecule has 0 aromatic heterocycles. The Morgan fingerprint density at radius 3 is 2.34 bits per heavy atom. The second-order valence-electron chi connectivity index (χ2n) is 7.65. The van der Waals surface area contributed by atoms with Gasteiger partial charge in [0.05, 0.1) is 11.3 Å². The summed E-state index contributed by atoms with van der Waals surface area (Å²) in [7, 11) is 0. The largest absolute Gasteiger partial charge is 0.371 e. The van der Waals surface area contributed by atoms with Crippen LogP contribution in [0.1, 0.15) is 28.8 Å². The lowest BCUT2D eigenvalue weighted by Gasteiger charge is -2.22. The fraction of sp³-hybridized carbons (Fsp3) is 0.200. The molecule has 0 spiro atoms. The maximum atomic E-state index is 13.1. The van der Waals surface area contributed by atoms with Gasteiger partial charge in [-0.25, -0.2) is 4.79 Å². The van der Waals surface area contributed by atoms with Crippen LogP contribution in [-0.2, 0) is 6.54 Å². The normalized spacial score (nSPS) is 13.0. The van der Waals surface area contributed by atoms with Crippen molar-refractivity contribution < 1.29 is 9.59 Å². The second-order valence-corrected chi connectivity index (χ2v) is 8.51. The highest BCUT2D eigenvalue weighted by atomic mass is 79.9. The van der Waals surface area contributed by atoms with E-state index in [2.05, 4.69) is 36.8 Å². The van der Waals surface area contributed by atoms with Crippen molar-refractivity contribution in [3.05, 3.63) is 88.4 Å². The van der Waals surface area contributed by atoms with E-state index in [4.69, 9.17) is 0 Å². The number of benzene rings is 3. The van der Waals surface area contributed by atoms with Crippen LogP contribution < -0.4 is 20.9 Å². The van der Waals surface area contributed by atoms with Crippen LogP contribution >= 0.6 is 15.9 Å². The van der Waals surface area contributed by atoms with Crippen LogP contribution in [-0.4, -0.2) is 25.0 Å². The third-order valence-corrected chi connectivity index (χ3v) is 6.06. The van der Waals surface area contributed by atoms with Crippen LogP contribution in [0.15, 0.2) is 77.3 Å². The number of hydrogen-bond acceptors (Lipinski definition) is 3. The van der Waals surface area contributed by atoms with Crippen LogP contribution in [0.2, 0.25) is 0 Å². The fourth-order valence-corrected chi connectivity index (χ4v) is 4.13. The molecule has 0 unspecified atom stereocenters. The zero-order valence-corrected chi connectivity index (χ0v) is 19.2.